The minimum absolute atomic E-state index is 0.124. The molecule has 188 valence electrons. The summed E-state index contributed by atoms with van der Waals surface area (Å²) >= 11 is 6.37. The van der Waals surface area contributed by atoms with Crippen LogP contribution in [0.15, 0.2) is 30.3 Å². The number of methoxy groups -OCH3 is 3. The highest BCUT2D eigenvalue weighted by molar-refractivity contribution is 6.31. The molecule has 4 rings (SSSR count). The topological polar surface area (TPSA) is 94.3 Å². The Morgan fingerprint density at radius 3 is 2.09 bits per heavy atom. The zero-order valence-electron chi connectivity index (χ0n) is 20.5. The Bertz CT molecular complexity index is 1090. The lowest BCUT2D eigenvalue weighted by atomic mass is 10.0. The van der Waals surface area contributed by atoms with Gasteiger partial charge in [-0.3, -0.25) is 14.5 Å². The van der Waals surface area contributed by atoms with E-state index >= 15 is 0 Å². The van der Waals surface area contributed by atoms with Crippen LogP contribution in [0.4, 0.5) is 0 Å². The molecule has 0 aliphatic carbocycles. The van der Waals surface area contributed by atoms with Crippen LogP contribution in [0.25, 0.3) is 0 Å². The molecule has 0 bridgehead atoms. The van der Waals surface area contributed by atoms with Crippen LogP contribution in [0.2, 0.25) is 5.02 Å². The summed E-state index contributed by atoms with van der Waals surface area (Å²) in [7, 11) is 4.61. The first kappa shape index (κ1) is 25.1. The molecule has 0 saturated carbocycles. The normalized spacial score (nSPS) is 20.4. The molecule has 2 amide bonds. The summed E-state index contributed by atoms with van der Waals surface area (Å²) in [6.07, 6.45) is 0.224. The third-order valence-electron chi connectivity index (χ3n) is 7.15. The number of amides is 2. The minimum atomic E-state index is -0.348. The third kappa shape index (κ3) is 5.04. The van der Waals surface area contributed by atoms with E-state index < -0.39 is 0 Å². The summed E-state index contributed by atoms with van der Waals surface area (Å²) in [6.45, 7) is 4.74. The summed E-state index contributed by atoms with van der Waals surface area (Å²) in [4.78, 5) is 29.6. The van der Waals surface area contributed by atoms with Crippen molar-refractivity contribution in [2.75, 3.05) is 47.5 Å². The van der Waals surface area contributed by atoms with Crippen molar-refractivity contribution in [2.24, 2.45) is 17.6 Å². The van der Waals surface area contributed by atoms with E-state index in [9.17, 15) is 9.59 Å². The molecule has 0 radical (unpaired) electrons. The Kier molecular flexibility index (Phi) is 7.42. The van der Waals surface area contributed by atoms with Crippen molar-refractivity contribution in [1.29, 1.82) is 0 Å². The molecule has 2 N–H and O–H groups in total. The molecular formula is C26H32ClN3O5. The van der Waals surface area contributed by atoms with E-state index in [2.05, 4.69) is 4.90 Å². The van der Waals surface area contributed by atoms with Gasteiger partial charge in [-0.1, -0.05) is 23.7 Å². The van der Waals surface area contributed by atoms with Crippen molar-refractivity contribution >= 4 is 23.4 Å². The van der Waals surface area contributed by atoms with E-state index in [1.165, 1.54) is 14.2 Å². The second-order valence-corrected chi connectivity index (χ2v) is 9.69. The van der Waals surface area contributed by atoms with Gasteiger partial charge in [0.15, 0.2) is 0 Å². The van der Waals surface area contributed by atoms with Gasteiger partial charge in [-0.2, -0.15) is 0 Å². The van der Waals surface area contributed by atoms with Gasteiger partial charge in [0.1, 0.15) is 22.8 Å². The number of likely N-dealkylation sites (tertiary alicyclic amines) is 2. The lowest BCUT2D eigenvalue weighted by Crippen LogP contribution is -2.36. The van der Waals surface area contributed by atoms with Crippen LogP contribution in [0.3, 0.4) is 0 Å². The predicted molar refractivity (Wildman–Crippen MR) is 133 cm³/mol. The van der Waals surface area contributed by atoms with Crippen LogP contribution >= 0.6 is 11.6 Å². The lowest BCUT2D eigenvalue weighted by molar-refractivity contribution is -0.119. The van der Waals surface area contributed by atoms with Gasteiger partial charge >= 0.3 is 0 Å². The number of carbonyl (C=O) groups excluding carboxylic acids is 2. The van der Waals surface area contributed by atoms with Gasteiger partial charge in [-0.05, 0) is 36.0 Å². The van der Waals surface area contributed by atoms with Crippen molar-refractivity contribution in [3.8, 4) is 17.2 Å². The highest BCUT2D eigenvalue weighted by Gasteiger charge is 2.44. The summed E-state index contributed by atoms with van der Waals surface area (Å²) in [5.41, 5.74) is 7.97. The average molecular weight is 502 g/mol. The second kappa shape index (κ2) is 10.3. The zero-order chi connectivity index (χ0) is 25.3. The maximum absolute atomic E-state index is 13.5. The Morgan fingerprint density at radius 2 is 1.60 bits per heavy atom. The SMILES string of the molecule is COc1cc(OC)c(C(=O)N2CC3CN(C(CC(N)=O)c4ccc(C)c(Cl)c4)CC3C2)c(OC)c1. The Labute approximate surface area is 210 Å². The first-order chi connectivity index (χ1) is 16.7. The number of primary amides is 1. The summed E-state index contributed by atoms with van der Waals surface area (Å²) in [6, 6.07) is 9.16. The number of halogens is 1. The first-order valence-corrected chi connectivity index (χ1v) is 12.0. The molecule has 2 saturated heterocycles. The van der Waals surface area contributed by atoms with Gasteiger partial charge in [0.25, 0.3) is 5.91 Å². The highest BCUT2D eigenvalue weighted by atomic mass is 35.5. The molecule has 3 atom stereocenters. The molecule has 8 nitrogen and oxygen atoms in total. The van der Waals surface area contributed by atoms with Crippen molar-refractivity contribution < 1.29 is 23.8 Å². The molecule has 2 aromatic rings. The molecular weight excluding hydrogens is 470 g/mol. The number of ether oxygens (including phenoxy) is 3. The monoisotopic (exact) mass is 501 g/mol. The summed E-state index contributed by atoms with van der Waals surface area (Å²) < 4.78 is 16.3. The summed E-state index contributed by atoms with van der Waals surface area (Å²) in [5.74, 6) is 1.52. The standard InChI is InChI=1S/C26H32ClN3O5/c1-15-5-6-16(7-20(15)27)21(10-24(28)31)29-11-17-13-30(14-18(17)12-29)26(32)25-22(34-3)8-19(33-2)9-23(25)35-4/h5-9,17-18,21H,10-14H2,1-4H3,(H2,28,31). The van der Waals surface area contributed by atoms with E-state index in [1.807, 2.05) is 30.0 Å². The fourth-order valence-electron chi connectivity index (χ4n) is 5.29. The Hall–Kier alpha value is -2.97. The van der Waals surface area contributed by atoms with Gasteiger partial charge in [0.05, 0.1) is 21.3 Å². The number of fused-ring (bicyclic) bond motifs is 1. The number of aryl methyl sites for hydroxylation is 1. The number of nitrogens with zero attached hydrogens (tertiary/aromatic N) is 2. The number of hydrogen-bond donors (Lipinski definition) is 1. The van der Waals surface area contributed by atoms with Crippen molar-refractivity contribution in [3.05, 3.63) is 52.0 Å². The second-order valence-electron chi connectivity index (χ2n) is 9.29. The predicted octanol–water partition coefficient (Wildman–Crippen LogP) is 3.29. The van der Waals surface area contributed by atoms with Crippen LogP contribution in [0.1, 0.15) is 33.9 Å². The number of rotatable bonds is 8. The molecule has 2 aliphatic heterocycles. The van der Waals surface area contributed by atoms with E-state index in [1.54, 1.807) is 19.2 Å². The smallest absolute Gasteiger partial charge is 0.261 e. The maximum Gasteiger partial charge on any atom is 0.261 e. The first-order valence-electron chi connectivity index (χ1n) is 11.6. The fourth-order valence-corrected chi connectivity index (χ4v) is 5.48. The van der Waals surface area contributed by atoms with Gasteiger partial charge in [-0.15, -0.1) is 0 Å². The van der Waals surface area contributed by atoms with E-state index in [4.69, 9.17) is 31.5 Å². The van der Waals surface area contributed by atoms with Crippen LogP contribution in [-0.4, -0.2) is 69.1 Å². The highest BCUT2D eigenvalue weighted by Crippen LogP contribution is 2.40. The largest absolute Gasteiger partial charge is 0.496 e. The van der Waals surface area contributed by atoms with Crippen LogP contribution in [-0.2, 0) is 4.79 Å². The summed E-state index contributed by atoms with van der Waals surface area (Å²) in [5, 5.41) is 0.676. The molecule has 2 fully saturated rings. The lowest BCUT2D eigenvalue weighted by Gasteiger charge is -2.30. The molecule has 2 aliphatic rings. The van der Waals surface area contributed by atoms with E-state index in [-0.39, 0.29) is 24.3 Å². The third-order valence-corrected chi connectivity index (χ3v) is 7.55. The van der Waals surface area contributed by atoms with Gasteiger partial charge in [0, 0.05) is 55.8 Å². The number of carbonyl (C=O) groups is 2. The quantitative estimate of drug-likeness (QED) is 0.596. The minimum Gasteiger partial charge on any atom is -0.496 e. The maximum atomic E-state index is 13.5. The zero-order valence-corrected chi connectivity index (χ0v) is 21.3. The van der Waals surface area contributed by atoms with Crippen molar-refractivity contribution in [2.45, 2.75) is 19.4 Å². The molecule has 9 heteroatoms. The van der Waals surface area contributed by atoms with Crippen LogP contribution in [0, 0.1) is 18.8 Å². The fraction of sp³-hybridized carbons (Fsp3) is 0.462. The van der Waals surface area contributed by atoms with Crippen LogP contribution < -0.4 is 19.9 Å². The van der Waals surface area contributed by atoms with Gasteiger partial charge in [-0.25, -0.2) is 0 Å². The molecule has 2 heterocycles. The van der Waals surface area contributed by atoms with Crippen molar-refractivity contribution in [3.63, 3.8) is 0 Å². The van der Waals surface area contributed by atoms with Crippen LogP contribution in [0.5, 0.6) is 17.2 Å². The molecule has 2 aromatic carbocycles. The Balaban J connectivity index is 1.51. The molecule has 0 aromatic heterocycles. The van der Waals surface area contributed by atoms with E-state index in [0.29, 0.717) is 52.8 Å². The molecule has 0 spiro atoms. The average Bonchev–Trinajstić information content (AvgIpc) is 3.42. The molecule has 3 unspecified atom stereocenters. The molecule has 35 heavy (non-hydrogen) atoms. The number of hydrogen-bond acceptors (Lipinski definition) is 6. The number of nitrogens with two attached hydrogens (primary N) is 1. The van der Waals surface area contributed by atoms with Gasteiger partial charge in [0.2, 0.25) is 5.91 Å². The van der Waals surface area contributed by atoms with Crippen molar-refractivity contribution in [1.82, 2.24) is 9.80 Å². The van der Waals surface area contributed by atoms with E-state index in [0.717, 1.165) is 24.2 Å². The van der Waals surface area contributed by atoms with Gasteiger partial charge < -0.3 is 24.8 Å². The number of benzene rings is 2. The Morgan fingerprint density at radius 1 is 1.00 bits per heavy atom.